The first-order valence-electron chi connectivity index (χ1n) is 15.3. The Kier molecular flexibility index (Phi) is 8.01. The van der Waals surface area contributed by atoms with Gasteiger partial charge >= 0.3 is 0 Å². The van der Waals surface area contributed by atoms with Crippen molar-refractivity contribution in [2.45, 2.75) is 69.9 Å². The van der Waals surface area contributed by atoms with Crippen LogP contribution >= 0.6 is 0 Å². The Hall–Kier alpha value is -3.40. The molecule has 2 aliphatic heterocycles. The van der Waals surface area contributed by atoms with E-state index in [1.807, 2.05) is 13.1 Å². The van der Waals surface area contributed by atoms with Gasteiger partial charge in [0.25, 0.3) is 5.91 Å². The summed E-state index contributed by atoms with van der Waals surface area (Å²) < 4.78 is 5.67. The van der Waals surface area contributed by atoms with E-state index in [-0.39, 0.29) is 23.8 Å². The van der Waals surface area contributed by atoms with Crippen LogP contribution in [-0.2, 0) is 4.79 Å². The number of ether oxygens (including phenoxy) is 1. The molecule has 2 amide bonds. The normalized spacial score (nSPS) is 22.7. The first-order valence-corrected chi connectivity index (χ1v) is 15.3. The molecule has 6 rings (SSSR count). The Morgan fingerprint density at radius 1 is 1.02 bits per heavy atom. The molecule has 2 aromatic rings. The number of benzene rings is 1. The lowest BCUT2D eigenvalue weighted by atomic mass is 9.92. The summed E-state index contributed by atoms with van der Waals surface area (Å²) in [4.78, 5) is 42.5. The van der Waals surface area contributed by atoms with E-state index in [4.69, 9.17) is 9.72 Å². The fourth-order valence-corrected chi connectivity index (χ4v) is 6.66. The van der Waals surface area contributed by atoms with Gasteiger partial charge in [0.1, 0.15) is 11.4 Å². The average molecular weight is 562 g/mol. The van der Waals surface area contributed by atoms with Crippen LogP contribution in [0.1, 0.15) is 68.1 Å². The molecule has 10 heteroatoms. The van der Waals surface area contributed by atoms with E-state index in [9.17, 15) is 9.59 Å². The fourth-order valence-electron chi connectivity index (χ4n) is 6.66. The Labute approximate surface area is 242 Å². The highest BCUT2D eigenvalue weighted by Crippen LogP contribution is 2.44. The van der Waals surface area contributed by atoms with Crippen LogP contribution in [0.5, 0.6) is 5.75 Å². The Morgan fingerprint density at radius 3 is 2.49 bits per heavy atom. The minimum atomic E-state index is -0.0910. The number of likely N-dealkylation sites (tertiary alicyclic amines) is 1. The Morgan fingerprint density at radius 2 is 1.78 bits per heavy atom. The largest absolute Gasteiger partial charge is 0.495 e. The van der Waals surface area contributed by atoms with Crippen LogP contribution in [0.15, 0.2) is 24.4 Å². The topological polar surface area (TPSA) is 103 Å². The van der Waals surface area contributed by atoms with Gasteiger partial charge in [-0.15, -0.1) is 0 Å². The van der Waals surface area contributed by atoms with E-state index >= 15 is 0 Å². The molecule has 1 atom stereocenters. The minimum absolute atomic E-state index is 0.000778. The van der Waals surface area contributed by atoms with Gasteiger partial charge < -0.3 is 30.1 Å². The first kappa shape index (κ1) is 27.8. The summed E-state index contributed by atoms with van der Waals surface area (Å²) in [6, 6.07) is 5.97. The van der Waals surface area contributed by atoms with E-state index in [0.717, 1.165) is 63.1 Å². The zero-order chi connectivity index (χ0) is 28.5. The third kappa shape index (κ3) is 5.98. The molecular weight excluding hydrogens is 518 g/mol. The van der Waals surface area contributed by atoms with Crippen molar-refractivity contribution in [3.63, 3.8) is 0 Å². The molecule has 41 heavy (non-hydrogen) atoms. The summed E-state index contributed by atoms with van der Waals surface area (Å²) in [6.07, 6.45) is 11.9. The van der Waals surface area contributed by atoms with Crippen LogP contribution in [0.3, 0.4) is 0 Å². The molecule has 1 aromatic heterocycles. The Bertz CT molecular complexity index is 1270. The summed E-state index contributed by atoms with van der Waals surface area (Å²) in [5, 5.41) is 6.50. The summed E-state index contributed by atoms with van der Waals surface area (Å²) in [7, 11) is 5.56. The third-order valence-corrected chi connectivity index (χ3v) is 9.40. The number of carbonyl (C=O) groups is 2. The van der Waals surface area contributed by atoms with Crippen LogP contribution in [-0.4, -0.2) is 79.6 Å². The van der Waals surface area contributed by atoms with Gasteiger partial charge in [0.2, 0.25) is 11.9 Å². The van der Waals surface area contributed by atoms with E-state index in [1.54, 1.807) is 30.3 Å². The zero-order valence-electron chi connectivity index (χ0n) is 24.6. The molecule has 3 fully saturated rings. The van der Waals surface area contributed by atoms with Gasteiger partial charge in [0, 0.05) is 31.2 Å². The van der Waals surface area contributed by atoms with Crippen molar-refractivity contribution >= 4 is 35.0 Å². The van der Waals surface area contributed by atoms with Crippen LogP contribution in [0, 0.1) is 11.8 Å². The second-order valence-corrected chi connectivity index (χ2v) is 12.3. The number of nitrogens with zero attached hydrogens (tertiary/aromatic N) is 5. The molecular formula is C31H43N7O3. The maximum absolute atomic E-state index is 13.5. The SMILES string of the molecule is COc1cc(C(=O)NC2CCN(C)CC2)ccc1Nc1ncc2c(n1)N(C1CCCCC1)CC(C1CC1)C(=O)N2C. The lowest BCUT2D eigenvalue weighted by Gasteiger charge is -2.36. The third-order valence-electron chi connectivity index (χ3n) is 9.40. The summed E-state index contributed by atoms with van der Waals surface area (Å²) in [5.41, 5.74) is 2.01. The molecule has 2 saturated carbocycles. The van der Waals surface area contributed by atoms with Gasteiger partial charge in [-0.2, -0.15) is 4.98 Å². The summed E-state index contributed by atoms with van der Waals surface area (Å²) in [5.74, 6) is 2.36. The number of carbonyl (C=O) groups excluding carboxylic acids is 2. The lowest BCUT2D eigenvalue weighted by Crippen LogP contribution is -2.43. The van der Waals surface area contributed by atoms with Gasteiger partial charge in [-0.25, -0.2) is 4.98 Å². The monoisotopic (exact) mass is 561 g/mol. The van der Waals surface area contributed by atoms with E-state index < -0.39 is 0 Å². The van der Waals surface area contributed by atoms with Crippen LogP contribution in [0.2, 0.25) is 0 Å². The van der Waals surface area contributed by atoms with E-state index in [1.165, 1.54) is 19.3 Å². The number of fused-ring (bicyclic) bond motifs is 1. The average Bonchev–Trinajstić information content (AvgIpc) is 3.85. The van der Waals surface area contributed by atoms with Gasteiger partial charge in [0.05, 0.1) is 24.9 Å². The van der Waals surface area contributed by atoms with Crippen molar-refractivity contribution < 1.29 is 14.3 Å². The first-order chi connectivity index (χ1) is 19.9. The molecule has 220 valence electrons. The van der Waals surface area contributed by atoms with Crippen molar-refractivity contribution in [1.82, 2.24) is 20.2 Å². The molecule has 4 aliphatic rings. The molecule has 1 unspecified atom stereocenters. The zero-order valence-corrected chi connectivity index (χ0v) is 24.6. The standard InChI is InChI=1S/C31H43N7O3/c1-36-15-13-22(14-16-36)33-29(39)21-11-12-25(27(17-21)41-3)34-31-32-18-26-28(35-31)38(23-7-5-4-6-8-23)19-24(20-9-10-20)30(40)37(26)2/h11-12,17-18,20,22-24H,4-10,13-16,19H2,1-3H3,(H,33,39)(H,32,34,35). The predicted octanol–water partition coefficient (Wildman–Crippen LogP) is 4.19. The maximum atomic E-state index is 13.5. The number of amides is 2. The molecule has 0 spiro atoms. The van der Waals surface area contributed by atoms with Gasteiger partial charge in [-0.3, -0.25) is 9.59 Å². The highest BCUT2D eigenvalue weighted by molar-refractivity contribution is 5.99. The number of nitrogens with one attached hydrogen (secondary N) is 2. The van der Waals surface area contributed by atoms with Crippen molar-refractivity contribution in [2.24, 2.45) is 11.8 Å². The number of rotatable bonds is 7. The van der Waals surface area contributed by atoms with Crippen molar-refractivity contribution in [3.8, 4) is 5.75 Å². The smallest absolute Gasteiger partial charge is 0.251 e. The number of aromatic nitrogens is 2. The number of hydrogen-bond acceptors (Lipinski definition) is 8. The number of hydrogen-bond donors (Lipinski definition) is 2. The summed E-state index contributed by atoms with van der Waals surface area (Å²) in [6.45, 7) is 2.69. The molecule has 0 radical (unpaired) electrons. The molecule has 2 aliphatic carbocycles. The molecule has 3 heterocycles. The van der Waals surface area contributed by atoms with Gasteiger partial charge in [-0.05, 0) is 82.8 Å². The van der Waals surface area contributed by atoms with E-state index in [2.05, 4.69) is 32.5 Å². The quantitative estimate of drug-likeness (QED) is 0.519. The fraction of sp³-hybridized carbons (Fsp3) is 0.613. The minimum Gasteiger partial charge on any atom is -0.495 e. The molecule has 1 saturated heterocycles. The molecule has 2 N–H and O–H groups in total. The van der Waals surface area contributed by atoms with Crippen molar-refractivity contribution in [3.05, 3.63) is 30.0 Å². The highest BCUT2D eigenvalue weighted by Gasteiger charge is 2.43. The van der Waals surface area contributed by atoms with Crippen LogP contribution in [0.25, 0.3) is 0 Å². The highest BCUT2D eigenvalue weighted by atomic mass is 16.5. The lowest BCUT2D eigenvalue weighted by molar-refractivity contribution is -0.122. The molecule has 10 nitrogen and oxygen atoms in total. The van der Waals surface area contributed by atoms with Crippen LogP contribution in [0.4, 0.5) is 23.1 Å². The Balaban J connectivity index is 1.24. The van der Waals surface area contributed by atoms with E-state index in [0.29, 0.717) is 41.5 Å². The van der Waals surface area contributed by atoms with Crippen molar-refractivity contribution in [1.29, 1.82) is 0 Å². The molecule has 1 aromatic carbocycles. The number of methoxy groups -OCH3 is 1. The number of anilines is 4. The van der Waals surface area contributed by atoms with Gasteiger partial charge in [0.15, 0.2) is 5.82 Å². The van der Waals surface area contributed by atoms with Gasteiger partial charge in [-0.1, -0.05) is 19.3 Å². The second-order valence-electron chi connectivity index (χ2n) is 12.3. The van der Waals surface area contributed by atoms with Crippen LogP contribution < -0.4 is 25.2 Å². The van der Waals surface area contributed by atoms with Crippen molar-refractivity contribution in [2.75, 3.05) is 56.0 Å². The second kappa shape index (κ2) is 11.8. The summed E-state index contributed by atoms with van der Waals surface area (Å²) >= 11 is 0. The number of piperidine rings is 1. The molecule has 0 bridgehead atoms. The maximum Gasteiger partial charge on any atom is 0.251 e. The predicted molar refractivity (Wildman–Crippen MR) is 160 cm³/mol.